The van der Waals surface area contributed by atoms with E-state index in [1.54, 1.807) is 48.3 Å². The zero-order valence-corrected chi connectivity index (χ0v) is 17.8. The van der Waals surface area contributed by atoms with Crippen molar-refractivity contribution in [3.63, 3.8) is 0 Å². The third-order valence-corrected chi connectivity index (χ3v) is 5.30. The number of fused-ring (bicyclic) bond motifs is 2. The molecule has 0 atom stereocenters. The molecular weight excluding hydrogens is 426 g/mol. The van der Waals surface area contributed by atoms with Crippen LogP contribution in [0.2, 0.25) is 0 Å². The Morgan fingerprint density at radius 2 is 2.00 bits per heavy atom. The quantitative estimate of drug-likeness (QED) is 0.366. The number of methoxy groups -OCH3 is 1. The molecule has 164 valence electrons. The summed E-state index contributed by atoms with van der Waals surface area (Å²) in [4.78, 5) is 4.29. The van der Waals surface area contributed by atoms with Crippen LogP contribution in [0, 0.1) is 11.8 Å². The average molecular weight is 444 g/mol. The van der Waals surface area contributed by atoms with E-state index in [9.17, 15) is 8.78 Å². The van der Waals surface area contributed by atoms with Crippen LogP contribution in [0.25, 0.3) is 16.6 Å². The van der Waals surface area contributed by atoms with Gasteiger partial charge in [0.05, 0.1) is 19.0 Å². The summed E-state index contributed by atoms with van der Waals surface area (Å²) in [5.74, 6) is 3.79. The summed E-state index contributed by atoms with van der Waals surface area (Å²) in [5, 5.41) is 9.20. The number of hydrogen-bond donors (Lipinski definition) is 0. The first-order valence-electron chi connectivity index (χ1n) is 10.2. The first-order chi connectivity index (χ1) is 15.9. The molecule has 0 bridgehead atoms. The Bertz CT molecular complexity index is 1540. The Morgan fingerprint density at radius 1 is 1.12 bits per heavy atom. The van der Waals surface area contributed by atoms with Gasteiger partial charge in [-0.25, -0.2) is 18.3 Å². The molecule has 0 N–H and O–H groups in total. The molecule has 0 fully saturated rings. The van der Waals surface area contributed by atoms with Crippen LogP contribution < -0.4 is 4.74 Å². The lowest BCUT2D eigenvalue weighted by Crippen LogP contribution is -2.07. The Kier molecular flexibility index (Phi) is 5.02. The zero-order chi connectivity index (χ0) is 23.0. The number of hydrogen-bond acceptors (Lipinski definition) is 5. The van der Waals surface area contributed by atoms with Crippen molar-refractivity contribution >= 4 is 16.6 Å². The van der Waals surface area contributed by atoms with E-state index < -0.39 is 5.92 Å². The fourth-order valence-electron chi connectivity index (χ4n) is 3.64. The summed E-state index contributed by atoms with van der Waals surface area (Å²) in [6.07, 6.45) is 3.64. The first-order valence-corrected chi connectivity index (χ1v) is 10.2. The molecule has 0 radical (unpaired) electrons. The molecule has 3 aromatic heterocycles. The van der Waals surface area contributed by atoms with Crippen molar-refractivity contribution in [1.29, 1.82) is 0 Å². The maximum atomic E-state index is 13.7. The third-order valence-electron chi connectivity index (χ3n) is 5.30. The molecule has 0 aliphatic heterocycles. The highest BCUT2D eigenvalue weighted by Gasteiger charge is 2.24. The number of aromatic nitrogens is 4. The van der Waals surface area contributed by atoms with E-state index in [0.717, 1.165) is 12.3 Å². The van der Waals surface area contributed by atoms with Crippen LogP contribution in [0.1, 0.15) is 35.0 Å². The minimum absolute atomic E-state index is 0.0392. The molecule has 5 rings (SSSR count). The standard InChI is InChI=1S/C25H18F2N4O2/c1-25(26,27)17-6-3-5-16(13-17)14-21-19-10-11-22(32-2)20(24(19)33-30-21)9-8-18-15-28-23-7-4-12-29-31(18)23/h3-7,10-13,15H,14H2,1-2H3. The van der Waals surface area contributed by atoms with Crippen LogP contribution in [0.3, 0.4) is 0 Å². The van der Waals surface area contributed by atoms with E-state index in [1.165, 1.54) is 12.1 Å². The molecule has 0 aliphatic carbocycles. The van der Waals surface area contributed by atoms with Gasteiger partial charge in [-0.2, -0.15) is 5.10 Å². The van der Waals surface area contributed by atoms with Gasteiger partial charge in [-0.15, -0.1) is 0 Å². The first kappa shape index (κ1) is 20.6. The average Bonchev–Trinajstić information content (AvgIpc) is 3.41. The predicted molar refractivity (Wildman–Crippen MR) is 118 cm³/mol. The summed E-state index contributed by atoms with van der Waals surface area (Å²) in [7, 11) is 1.55. The fourth-order valence-corrected chi connectivity index (χ4v) is 3.64. The monoisotopic (exact) mass is 444 g/mol. The van der Waals surface area contributed by atoms with Crippen molar-refractivity contribution in [2.45, 2.75) is 19.3 Å². The van der Waals surface area contributed by atoms with Gasteiger partial charge in [0.1, 0.15) is 17.0 Å². The normalized spacial score (nSPS) is 11.5. The fraction of sp³-hybridized carbons (Fsp3) is 0.160. The number of benzene rings is 2. The van der Waals surface area contributed by atoms with Crippen molar-refractivity contribution in [1.82, 2.24) is 19.8 Å². The lowest BCUT2D eigenvalue weighted by molar-refractivity contribution is 0.0174. The molecule has 0 amide bonds. The molecule has 6 nitrogen and oxygen atoms in total. The van der Waals surface area contributed by atoms with Crippen LogP contribution in [-0.4, -0.2) is 26.9 Å². The molecule has 2 aromatic carbocycles. The largest absolute Gasteiger partial charge is 0.495 e. The molecule has 0 saturated heterocycles. The second-order valence-electron chi connectivity index (χ2n) is 7.60. The minimum Gasteiger partial charge on any atom is -0.495 e. The van der Waals surface area contributed by atoms with E-state index in [2.05, 4.69) is 27.1 Å². The van der Waals surface area contributed by atoms with Crippen molar-refractivity contribution < 1.29 is 18.0 Å². The van der Waals surface area contributed by atoms with Crippen LogP contribution >= 0.6 is 0 Å². The van der Waals surface area contributed by atoms with E-state index in [0.29, 0.717) is 45.9 Å². The van der Waals surface area contributed by atoms with E-state index in [4.69, 9.17) is 9.26 Å². The minimum atomic E-state index is -2.91. The molecule has 0 spiro atoms. The predicted octanol–water partition coefficient (Wildman–Crippen LogP) is 4.98. The van der Waals surface area contributed by atoms with Gasteiger partial charge in [-0.05, 0) is 41.8 Å². The van der Waals surface area contributed by atoms with Gasteiger partial charge in [0.2, 0.25) is 0 Å². The van der Waals surface area contributed by atoms with Gasteiger partial charge in [0.15, 0.2) is 11.2 Å². The van der Waals surface area contributed by atoms with Crippen LogP contribution in [0.5, 0.6) is 5.75 Å². The summed E-state index contributed by atoms with van der Waals surface area (Å²) in [6, 6.07) is 13.6. The number of rotatable bonds is 4. The summed E-state index contributed by atoms with van der Waals surface area (Å²) in [5.41, 5.74) is 3.61. The lowest BCUT2D eigenvalue weighted by atomic mass is 10.0. The third kappa shape index (κ3) is 3.89. The van der Waals surface area contributed by atoms with Crippen molar-refractivity contribution in [2.75, 3.05) is 7.11 Å². The van der Waals surface area contributed by atoms with Gasteiger partial charge in [-0.3, -0.25) is 0 Å². The second kappa shape index (κ2) is 8.02. The van der Waals surface area contributed by atoms with Gasteiger partial charge >= 0.3 is 0 Å². The Labute approximate surface area is 187 Å². The van der Waals surface area contributed by atoms with Crippen molar-refractivity contribution in [2.24, 2.45) is 0 Å². The maximum absolute atomic E-state index is 13.7. The van der Waals surface area contributed by atoms with Crippen LogP contribution in [0.15, 0.2) is 65.4 Å². The van der Waals surface area contributed by atoms with Gasteiger partial charge < -0.3 is 9.26 Å². The highest BCUT2D eigenvalue weighted by Crippen LogP contribution is 2.32. The molecule has 33 heavy (non-hydrogen) atoms. The number of halogens is 2. The number of alkyl halides is 2. The molecule has 5 aromatic rings. The van der Waals surface area contributed by atoms with Crippen LogP contribution in [0.4, 0.5) is 8.78 Å². The van der Waals surface area contributed by atoms with Crippen molar-refractivity contribution in [3.8, 4) is 17.6 Å². The molecule has 8 heteroatoms. The molecule has 0 unspecified atom stereocenters. The summed E-state index contributed by atoms with van der Waals surface area (Å²) in [6.45, 7) is 0.883. The number of imidazole rings is 1. The number of nitrogens with zero attached hydrogens (tertiary/aromatic N) is 4. The highest BCUT2D eigenvalue weighted by molar-refractivity contribution is 5.87. The molecule has 0 aliphatic rings. The molecule has 0 saturated carbocycles. The van der Waals surface area contributed by atoms with Crippen molar-refractivity contribution in [3.05, 3.63) is 89.0 Å². The summed E-state index contributed by atoms with van der Waals surface area (Å²) < 4.78 is 40.2. The van der Waals surface area contributed by atoms with E-state index >= 15 is 0 Å². The molecule has 3 heterocycles. The Balaban J connectivity index is 1.55. The number of ether oxygens (including phenoxy) is 1. The molecular formula is C25H18F2N4O2. The summed E-state index contributed by atoms with van der Waals surface area (Å²) >= 11 is 0. The van der Waals surface area contributed by atoms with Gasteiger partial charge in [-0.1, -0.05) is 29.3 Å². The Hall–Kier alpha value is -4.25. The van der Waals surface area contributed by atoms with E-state index in [-0.39, 0.29) is 5.56 Å². The highest BCUT2D eigenvalue weighted by atomic mass is 19.3. The second-order valence-corrected chi connectivity index (χ2v) is 7.60. The maximum Gasteiger partial charge on any atom is 0.270 e. The lowest BCUT2D eigenvalue weighted by Gasteiger charge is -2.11. The topological polar surface area (TPSA) is 65.5 Å². The SMILES string of the molecule is COc1ccc2c(Cc3cccc(C(C)(F)F)c3)noc2c1C#Cc1cnc2cccnn12. The smallest absolute Gasteiger partial charge is 0.270 e. The van der Waals surface area contributed by atoms with Gasteiger partial charge in [0, 0.05) is 30.5 Å². The van der Waals surface area contributed by atoms with Gasteiger partial charge in [0.25, 0.3) is 5.92 Å². The zero-order valence-electron chi connectivity index (χ0n) is 17.8. The van der Waals surface area contributed by atoms with E-state index in [1.807, 2.05) is 12.1 Å². The Morgan fingerprint density at radius 3 is 2.82 bits per heavy atom. The van der Waals surface area contributed by atoms with Crippen LogP contribution in [-0.2, 0) is 12.3 Å².